The van der Waals surface area contributed by atoms with E-state index in [1.165, 1.54) is 21.9 Å². The fraction of sp³-hybridized carbons (Fsp3) is 0. The highest BCUT2D eigenvalue weighted by Gasteiger charge is 2.18. The van der Waals surface area contributed by atoms with E-state index in [9.17, 15) is 0 Å². The molecule has 0 saturated heterocycles. The maximum absolute atomic E-state index is 6.54. The largest absolute Gasteiger partial charge is 0.455 e. The van der Waals surface area contributed by atoms with Crippen LogP contribution in [0.25, 0.3) is 66.4 Å². The van der Waals surface area contributed by atoms with E-state index in [-0.39, 0.29) is 0 Å². The third-order valence-electron chi connectivity index (χ3n) is 9.44. The molecule has 0 saturated carbocycles. The highest BCUT2D eigenvalue weighted by molar-refractivity contribution is 6.02. The number of hydrogen-bond acceptors (Lipinski definition) is 2. The Labute approximate surface area is 292 Å². The van der Waals surface area contributed by atoms with E-state index >= 15 is 0 Å². The highest BCUT2D eigenvalue weighted by atomic mass is 16.3. The molecule has 0 atom stereocenters. The molecule has 0 unspecified atom stereocenters. The molecule has 1 heterocycles. The number of para-hydroxylation sites is 2. The van der Waals surface area contributed by atoms with Gasteiger partial charge in [0.2, 0.25) is 0 Å². The monoisotopic (exact) mass is 639 g/mol. The molecule has 0 amide bonds. The third-order valence-corrected chi connectivity index (χ3v) is 9.44. The van der Waals surface area contributed by atoms with Crippen LogP contribution in [0.3, 0.4) is 0 Å². The van der Waals surface area contributed by atoms with Gasteiger partial charge in [-0.3, -0.25) is 0 Å². The molecular weight excluding hydrogens is 607 g/mol. The molecule has 0 aliphatic carbocycles. The van der Waals surface area contributed by atoms with Crippen molar-refractivity contribution in [3.05, 3.63) is 200 Å². The van der Waals surface area contributed by atoms with Crippen LogP contribution < -0.4 is 4.90 Å². The summed E-state index contributed by atoms with van der Waals surface area (Å²) >= 11 is 0. The Kier molecular flexibility index (Phi) is 7.53. The van der Waals surface area contributed by atoms with Gasteiger partial charge in [-0.05, 0) is 93.2 Å². The minimum absolute atomic E-state index is 0.886. The quantitative estimate of drug-likeness (QED) is 0.173. The standard InChI is InChI=1S/C48H33NO/c1-3-14-36(15-4-1)47-45-23-9-10-24-46(45)50-48(47)41-19-11-17-38(32-41)35-27-29-43(30-28-35)49(42-20-5-2-6-21-42)44-22-12-18-39(33-44)40-26-25-34-13-7-8-16-37(34)31-40/h1-33H. The van der Waals surface area contributed by atoms with Crippen molar-refractivity contribution in [1.29, 1.82) is 0 Å². The Balaban J connectivity index is 1.09. The van der Waals surface area contributed by atoms with Gasteiger partial charge in [-0.25, -0.2) is 0 Å². The number of rotatable bonds is 7. The van der Waals surface area contributed by atoms with Gasteiger partial charge in [0.05, 0.1) is 0 Å². The zero-order chi connectivity index (χ0) is 33.3. The first kappa shape index (κ1) is 29.5. The summed E-state index contributed by atoms with van der Waals surface area (Å²) in [5, 5.41) is 3.61. The number of nitrogens with zero attached hydrogens (tertiary/aromatic N) is 1. The topological polar surface area (TPSA) is 16.4 Å². The van der Waals surface area contributed by atoms with Crippen molar-refractivity contribution in [2.24, 2.45) is 0 Å². The first-order chi connectivity index (χ1) is 24.8. The van der Waals surface area contributed by atoms with Crippen LogP contribution in [0.1, 0.15) is 0 Å². The Morgan fingerprint density at radius 1 is 0.320 bits per heavy atom. The SMILES string of the molecule is c1ccc(-c2c(-c3cccc(-c4ccc(N(c5ccccc5)c5cccc(-c6ccc7ccccc7c6)c5)cc4)c3)oc3ccccc23)cc1. The zero-order valence-corrected chi connectivity index (χ0v) is 27.4. The molecule has 0 aliphatic heterocycles. The van der Waals surface area contributed by atoms with E-state index < -0.39 is 0 Å². The van der Waals surface area contributed by atoms with Gasteiger partial charge >= 0.3 is 0 Å². The molecule has 8 aromatic carbocycles. The smallest absolute Gasteiger partial charge is 0.143 e. The lowest BCUT2D eigenvalue weighted by atomic mass is 9.96. The molecule has 0 N–H and O–H groups in total. The van der Waals surface area contributed by atoms with E-state index in [1.54, 1.807) is 0 Å². The lowest BCUT2D eigenvalue weighted by molar-refractivity contribution is 0.632. The molecule has 2 nitrogen and oxygen atoms in total. The van der Waals surface area contributed by atoms with E-state index in [4.69, 9.17) is 4.42 Å². The summed E-state index contributed by atoms with van der Waals surface area (Å²) < 4.78 is 6.54. The minimum Gasteiger partial charge on any atom is -0.455 e. The van der Waals surface area contributed by atoms with Crippen LogP contribution in [0.2, 0.25) is 0 Å². The maximum Gasteiger partial charge on any atom is 0.143 e. The van der Waals surface area contributed by atoms with Crippen LogP contribution in [-0.4, -0.2) is 0 Å². The first-order valence-electron chi connectivity index (χ1n) is 17.0. The van der Waals surface area contributed by atoms with Crippen molar-refractivity contribution in [1.82, 2.24) is 0 Å². The van der Waals surface area contributed by atoms with E-state index in [2.05, 4.69) is 193 Å². The van der Waals surface area contributed by atoms with Gasteiger partial charge in [-0.15, -0.1) is 0 Å². The lowest BCUT2D eigenvalue weighted by Gasteiger charge is -2.26. The molecule has 9 aromatic rings. The molecule has 50 heavy (non-hydrogen) atoms. The van der Waals surface area contributed by atoms with Crippen molar-refractivity contribution in [2.75, 3.05) is 4.90 Å². The zero-order valence-electron chi connectivity index (χ0n) is 27.4. The number of fused-ring (bicyclic) bond motifs is 2. The first-order valence-corrected chi connectivity index (χ1v) is 17.0. The molecule has 0 spiro atoms. The van der Waals surface area contributed by atoms with Crippen LogP contribution in [-0.2, 0) is 0 Å². The average molecular weight is 640 g/mol. The van der Waals surface area contributed by atoms with Crippen LogP contribution in [0, 0.1) is 0 Å². The van der Waals surface area contributed by atoms with Crippen LogP contribution in [0.5, 0.6) is 0 Å². The predicted octanol–water partition coefficient (Wildman–Crippen LogP) is 13.7. The molecule has 0 fully saturated rings. The van der Waals surface area contributed by atoms with Gasteiger partial charge in [0.15, 0.2) is 0 Å². The molecule has 0 bridgehead atoms. The van der Waals surface area contributed by atoms with Crippen molar-refractivity contribution in [3.63, 3.8) is 0 Å². The van der Waals surface area contributed by atoms with Gasteiger partial charge < -0.3 is 9.32 Å². The summed E-state index contributed by atoms with van der Waals surface area (Å²) in [5.74, 6) is 0.886. The van der Waals surface area contributed by atoms with Crippen LogP contribution in [0.15, 0.2) is 205 Å². The summed E-state index contributed by atoms with van der Waals surface area (Å²) in [4.78, 5) is 2.32. The fourth-order valence-electron chi connectivity index (χ4n) is 7.00. The third kappa shape index (κ3) is 5.53. The van der Waals surface area contributed by atoms with Gasteiger partial charge in [-0.2, -0.15) is 0 Å². The summed E-state index contributed by atoms with van der Waals surface area (Å²) in [6, 6.07) is 71.0. The summed E-state index contributed by atoms with van der Waals surface area (Å²) in [6.45, 7) is 0. The van der Waals surface area contributed by atoms with E-state index in [0.717, 1.165) is 61.6 Å². The number of benzene rings is 8. The van der Waals surface area contributed by atoms with Gasteiger partial charge in [-0.1, -0.05) is 146 Å². The van der Waals surface area contributed by atoms with Gasteiger partial charge in [0.25, 0.3) is 0 Å². The molecule has 0 aliphatic rings. The molecule has 0 radical (unpaired) electrons. The summed E-state index contributed by atoms with van der Waals surface area (Å²) in [6.07, 6.45) is 0. The second-order valence-corrected chi connectivity index (χ2v) is 12.6. The molecular formula is C48H33NO. The number of furan rings is 1. The Morgan fingerprint density at radius 3 is 1.70 bits per heavy atom. The second kappa shape index (κ2) is 12.8. The Morgan fingerprint density at radius 2 is 0.880 bits per heavy atom. The summed E-state index contributed by atoms with van der Waals surface area (Å²) in [5.41, 5.74) is 12.2. The Bertz CT molecular complexity index is 2580. The number of anilines is 3. The second-order valence-electron chi connectivity index (χ2n) is 12.6. The van der Waals surface area contributed by atoms with Crippen LogP contribution in [0.4, 0.5) is 17.1 Å². The van der Waals surface area contributed by atoms with Gasteiger partial charge in [0.1, 0.15) is 11.3 Å². The normalized spacial score (nSPS) is 11.2. The molecule has 236 valence electrons. The van der Waals surface area contributed by atoms with Crippen molar-refractivity contribution >= 4 is 38.8 Å². The van der Waals surface area contributed by atoms with Gasteiger partial charge in [0, 0.05) is 33.6 Å². The molecule has 1 aromatic heterocycles. The van der Waals surface area contributed by atoms with E-state index in [0.29, 0.717) is 0 Å². The Hall–Kier alpha value is -6.64. The van der Waals surface area contributed by atoms with Crippen molar-refractivity contribution in [2.45, 2.75) is 0 Å². The molecule has 9 rings (SSSR count). The van der Waals surface area contributed by atoms with Crippen molar-refractivity contribution in [3.8, 4) is 44.7 Å². The lowest BCUT2D eigenvalue weighted by Crippen LogP contribution is -2.09. The maximum atomic E-state index is 6.54. The predicted molar refractivity (Wildman–Crippen MR) is 210 cm³/mol. The van der Waals surface area contributed by atoms with Crippen molar-refractivity contribution < 1.29 is 4.42 Å². The average Bonchev–Trinajstić information content (AvgIpc) is 3.59. The summed E-state index contributed by atoms with van der Waals surface area (Å²) in [7, 11) is 0. The minimum atomic E-state index is 0.886. The van der Waals surface area contributed by atoms with E-state index in [1.807, 2.05) is 12.1 Å². The number of hydrogen-bond donors (Lipinski definition) is 0. The molecule has 2 heteroatoms. The fourth-order valence-corrected chi connectivity index (χ4v) is 7.00. The van der Waals surface area contributed by atoms with Crippen LogP contribution >= 0.6 is 0 Å². The highest BCUT2D eigenvalue weighted by Crippen LogP contribution is 2.42.